The monoisotopic (exact) mass is 157 g/mol. The zero-order chi connectivity index (χ0) is 8.43. The van der Waals surface area contributed by atoms with Crippen LogP contribution in [-0.2, 0) is 4.74 Å². The van der Waals surface area contributed by atoms with Gasteiger partial charge in [0.25, 0.3) is 0 Å². The van der Waals surface area contributed by atoms with E-state index >= 15 is 0 Å². The Balaban J connectivity index is 2.43. The standard InChI is InChI=1S/C8H15NO2/c1-4-5(2)6(9-3)7-8(10)11-7/h5-8,10H,3-4H2,1-2H3/t5-,6-,7+,8?/m0/s1. The van der Waals surface area contributed by atoms with Crippen molar-refractivity contribution < 1.29 is 9.84 Å². The van der Waals surface area contributed by atoms with Crippen molar-refractivity contribution in [3.8, 4) is 0 Å². The number of epoxide rings is 1. The van der Waals surface area contributed by atoms with Crippen LogP contribution in [0.4, 0.5) is 0 Å². The molecule has 64 valence electrons. The molecule has 0 amide bonds. The fraction of sp³-hybridized carbons (Fsp3) is 0.875. The van der Waals surface area contributed by atoms with E-state index < -0.39 is 6.29 Å². The summed E-state index contributed by atoms with van der Waals surface area (Å²) in [6.45, 7) is 7.67. The highest BCUT2D eigenvalue weighted by atomic mass is 16.7. The molecule has 0 aromatic carbocycles. The van der Waals surface area contributed by atoms with Gasteiger partial charge in [0.05, 0.1) is 6.04 Å². The van der Waals surface area contributed by atoms with Crippen LogP contribution in [0.2, 0.25) is 0 Å². The molecule has 3 heteroatoms. The molecule has 4 atom stereocenters. The van der Waals surface area contributed by atoms with Crippen molar-refractivity contribution in [3.05, 3.63) is 0 Å². The third-order valence-electron chi connectivity index (χ3n) is 2.28. The molecule has 1 aliphatic heterocycles. The first-order chi connectivity index (χ1) is 5.20. The third kappa shape index (κ3) is 1.79. The van der Waals surface area contributed by atoms with Gasteiger partial charge in [0, 0.05) is 0 Å². The van der Waals surface area contributed by atoms with Crippen molar-refractivity contribution in [1.82, 2.24) is 0 Å². The van der Waals surface area contributed by atoms with Crippen molar-refractivity contribution in [2.75, 3.05) is 0 Å². The van der Waals surface area contributed by atoms with Gasteiger partial charge in [-0.25, -0.2) is 0 Å². The highest BCUT2D eigenvalue weighted by Gasteiger charge is 2.45. The predicted octanol–water partition coefficient (Wildman–Crippen LogP) is 0.819. The molecule has 0 saturated carbocycles. The second-order valence-electron chi connectivity index (χ2n) is 3.05. The molecule has 1 saturated heterocycles. The number of ether oxygens (including phenoxy) is 1. The van der Waals surface area contributed by atoms with Crippen molar-refractivity contribution in [1.29, 1.82) is 0 Å². The van der Waals surface area contributed by atoms with Crippen LogP contribution in [0.5, 0.6) is 0 Å². The lowest BCUT2D eigenvalue weighted by Crippen LogP contribution is -2.22. The summed E-state index contributed by atoms with van der Waals surface area (Å²) < 4.78 is 4.91. The first kappa shape index (κ1) is 8.68. The average molecular weight is 157 g/mol. The van der Waals surface area contributed by atoms with Gasteiger partial charge in [0.1, 0.15) is 6.10 Å². The Morgan fingerprint density at radius 1 is 1.73 bits per heavy atom. The molecule has 0 bridgehead atoms. The van der Waals surface area contributed by atoms with E-state index in [9.17, 15) is 0 Å². The maximum absolute atomic E-state index is 8.96. The minimum absolute atomic E-state index is 0.0648. The highest BCUT2D eigenvalue weighted by molar-refractivity contribution is 5.25. The molecule has 1 unspecified atom stereocenters. The Morgan fingerprint density at radius 2 is 2.27 bits per heavy atom. The van der Waals surface area contributed by atoms with E-state index in [-0.39, 0.29) is 12.1 Å². The molecule has 3 nitrogen and oxygen atoms in total. The average Bonchev–Trinajstić information content (AvgIpc) is 2.68. The Morgan fingerprint density at radius 3 is 2.55 bits per heavy atom. The molecule has 1 fully saturated rings. The molecule has 1 rings (SSSR count). The second kappa shape index (κ2) is 3.32. The molecular formula is C8H15NO2. The number of aliphatic hydroxyl groups excluding tert-OH is 1. The van der Waals surface area contributed by atoms with Gasteiger partial charge in [-0.2, -0.15) is 0 Å². The number of hydrogen-bond acceptors (Lipinski definition) is 3. The second-order valence-corrected chi connectivity index (χ2v) is 3.05. The molecule has 0 aromatic heterocycles. The lowest BCUT2D eigenvalue weighted by Gasteiger charge is -2.15. The van der Waals surface area contributed by atoms with Gasteiger partial charge in [-0.1, -0.05) is 20.3 Å². The van der Waals surface area contributed by atoms with Gasteiger partial charge >= 0.3 is 0 Å². The lowest BCUT2D eigenvalue weighted by molar-refractivity contribution is 0.155. The predicted molar refractivity (Wildman–Crippen MR) is 43.7 cm³/mol. The number of nitrogens with zero attached hydrogens (tertiary/aromatic N) is 1. The fourth-order valence-electron chi connectivity index (χ4n) is 1.21. The van der Waals surface area contributed by atoms with E-state index in [1.54, 1.807) is 0 Å². The first-order valence-electron chi connectivity index (χ1n) is 4.00. The fourth-order valence-corrected chi connectivity index (χ4v) is 1.21. The Labute approximate surface area is 67.1 Å². The first-order valence-corrected chi connectivity index (χ1v) is 4.00. The van der Waals surface area contributed by atoms with Crippen LogP contribution in [0, 0.1) is 5.92 Å². The van der Waals surface area contributed by atoms with E-state index in [4.69, 9.17) is 9.84 Å². The lowest BCUT2D eigenvalue weighted by atomic mass is 9.97. The molecule has 11 heavy (non-hydrogen) atoms. The number of aliphatic imine (C=N–C) groups is 1. The number of hydrogen-bond donors (Lipinski definition) is 1. The molecule has 1 N–H and O–H groups in total. The Bertz CT molecular complexity index is 145. The van der Waals surface area contributed by atoms with Crippen LogP contribution < -0.4 is 0 Å². The third-order valence-corrected chi connectivity index (χ3v) is 2.28. The van der Waals surface area contributed by atoms with Crippen molar-refractivity contribution in [3.63, 3.8) is 0 Å². The van der Waals surface area contributed by atoms with E-state index in [0.29, 0.717) is 5.92 Å². The minimum atomic E-state index is -0.598. The molecule has 1 heterocycles. The molecule has 0 spiro atoms. The van der Waals surface area contributed by atoms with Gasteiger partial charge in [0.2, 0.25) is 0 Å². The molecular weight excluding hydrogens is 142 g/mol. The molecule has 0 radical (unpaired) electrons. The van der Waals surface area contributed by atoms with Crippen molar-refractivity contribution in [2.45, 2.75) is 38.7 Å². The van der Waals surface area contributed by atoms with Crippen LogP contribution in [-0.4, -0.2) is 30.3 Å². The summed E-state index contributed by atoms with van der Waals surface area (Å²) in [5, 5.41) is 8.96. The van der Waals surface area contributed by atoms with Crippen LogP contribution in [0.1, 0.15) is 20.3 Å². The Hall–Kier alpha value is -0.410. The zero-order valence-corrected chi connectivity index (χ0v) is 7.03. The Kier molecular flexibility index (Phi) is 2.62. The summed E-state index contributed by atoms with van der Waals surface area (Å²) in [7, 11) is 0. The van der Waals surface area contributed by atoms with Gasteiger partial charge in [-0.05, 0) is 12.6 Å². The molecule has 0 aliphatic carbocycles. The summed E-state index contributed by atoms with van der Waals surface area (Å²) in [5.74, 6) is 0.439. The quantitative estimate of drug-likeness (QED) is 0.485. The summed E-state index contributed by atoms with van der Waals surface area (Å²) >= 11 is 0. The smallest absolute Gasteiger partial charge is 0.184 e. The van der Waals surface area contributed by atoms with E-state index in [1.807, 2.05) is 0 Å². The van der Waals surface area contributed by atoms with Gasteiger partial charge < -0.3 is 9.84 Å². The number of aliphatic hydroxyl groups is 1. The normalized spacial score (nSPS) is 34.5. The van der Waals surface area contributed by atoms with Crippen LogP contribution >= 0.6 is 0 Å². The molecule has 1 aliphatic rings. The summed E-state index contributed by atoms with van der Waals surface area (Å²) in [6, 6.07) is 0.0648. The number of rotatable bonds is 4. The minimum Gasteiger partial charge on any atom is -0.366 e. The SMILES string of the molecule is C=N[C@@H]([C@@H](C)CC)[C@H]1OC1O. The van der Waals surface area contributed by atoms with Crippen LogP contribution in [0.25, 0.3) is 0 Å². The van der Waals surface area contributed by atoms with Gasteiger partial charge in [-0.15, -0.1) is 0 Å². The van der Waals surface area contributed by atoms with Crippen molar-refractivity contribution in [2.24, 2.45) is 10.9 Å². The largest absolute Gasteiger partial charge is 0.366 e. The van der Waals surface area contributed by atoms with E-state index in [2.05, 4.69) is 25.6 Å². The van der Waals surface area contributed by atoms with Gasteiger partial charge in [-0.3, -0.25) is 4.99 Å². The van der Waals surface area contributed by atoms with Gasteiger partial charge in [0.15, 0.2) is 6.29 Å². The maximum atomic E-state index is 8.96. The topological polar surface area (TPSA) is 45.1 Å². The molecule has 0 aromatic rings. The zero-order valence-electron chi connectivity index (χ0n) is 7.03. The van der Waals surface area contributed by atoms with E-state index in [1.165, 1.54) is 0 Å². The summed E-state index contributed by atoms with van der Waals surface area (Å²) in [5.41, 5.74) is 0. The maximum Gasteiger partial charge on any atom is 0.184 e. The summed E-state index contributed by atoms with van der Waals surface area (Å²) in [6.07, 6.45) is 0.345. The summed E-state index contributed by atoms with van der Waals surface area (Å²) in [4.78, 5) is 3.94. The van der Waals surface area contributed by atoms with E-state index in [0.717, 1.165) is 6.42 Å². The highest BCUT2D eigenvalue weighted by Crippen LogP contribution is 2.29. The van der Waals surface area contributed by atoms with Crippen LogP contribution in [0.3, 0.4) is 0 Å². The van der Waals surface area contributed by atoms with Crippen molar-refractivity contribution >= 4 is 6.72 Å². The van der Waals surface area contributed by atoms with Crippen LogP contribution in [0.15, 0.2) is 4.99 Å².